The Balaban J connectivity index is 1.91. The minimum Gasteiger partial charge on any atom is -0.494 e. The van der Waals surface area contributed by atoms with Crippen LogP contribution in [-0.2, 0) is 11.2 Å². The van der Waals surface area contributed by atoms with Gasteiger partial charge in [-0.1, -0.05) is 0 Å². The molecule has 0 fully saturated rings. The van der Waals surface area contributed by atoms with Crippen LogP contribution in [0.4, 0.5) is 5.69 Å². The summed E-state index contributed by atoms with van der Waals surface area (Å²) in [6.45, 7) is 4.34. The van der Waals surface area contributed by atoms with E-state index >= 15 is 0 Å². The van der Waals surface area contributed by atoms with Crippen LogP contribution in [0, 0.1) is 6.92 Å². The molecule has 2 rings (SSSR count). The zero-order chi connectivity index (χ0) is 13.7. The lowest BCUT2D eigenvalue weighted by atomic mass is 10.3. The molecule has 100 valence electrons. The summed E-state index contributed by atoms with van der Waals surface area (Å²) in [5, 5.41) is 2.77. The fraction of sp³-hybridized carbons (Fsp3) is 0.286. The molecule has 0 aliphatic carbocycles. The number of carbonyl (C=O) groups excluding carboxylic acids is 1. The fourth-order valence-corrected chi connectivity index (χ4v) is 1.63. The van der Waals surface area contributed by atoms with E-state index in [1.807, 2.05) is 19.1 Å². The number of aromatic nitrogens is 1. The van der Waals surface area contributed by atoms with Gasteiger partial charge in [-0.05, 0) is 38.1 Å². The van der Waals surface area contributed by atoms with Gasteiger partial charge in [0.15, 0.2) is 0 Å². The van der Waals surface area contributed by atoms with Gasteiger partial charge in [-0.2, -0.15) is 0 Å². The van der Waals surface area contributed by atoms with Crippen LogP contribution in [0.5, 0.6) is 5.75 Å². The minimum atomic E-state index is -0.161. The van der Waals surface area contributed by atoms with Crippen molar-refractivity contribution < 1.29 is 13.9 Å². The van der Waals surface area contributed by atoms with E-state index in [9.17, 15) is 4.79 Å². The summed E-state index contributed by atoms with van der Waals surface area (Å²) in [5.74, 6) is 1.74. The third-order valence-electron chi connectivity index (χ3n) is 2.43. The Morgan fingerprint density at radius 2 is 2.11 bits per heavy atom. The van der Waals surface area contributed by atoms with Crippen molar-refractivity contribution in [1.29, 1.82) is 0 Å². The molecule has 2 aromatic rings. The quantitative estimate of drug-likeness (QED) is 0.897. The summed E-state index contributed by atoms with van der Waals surface area (Å²) < 4.78 is 10.6. The van der Waals surface area contributed by atoms with E-state index in [4.69, 9.17) is 9.15 Å². The molecular formula is C14H16N2O3. The van der Waals surface area contributed by atoms with Gasteiger partial charge in [-0.15, -0.1) is 0 Å². The van der Waals surface area contributed by atoms with Crippen molar-refractivity contribution in [2.45, 2.75) is 20.3 Å². The van der Waals surface area contributed by atoms with Crippen LogP contribution in [0.3, 0.4) is 0 Å². The molecule has 0 saturated heterocycles. The smallest absolute Gasteiger partial charge is 0.233 e. The van der Waals surface area contributed by atoms with E-state index in [1.165, 1.54) is 0 Å². The molecule has 1 aromatic heterocycles. The first-order chi connectivity index (χ1) is 9.17. The highest BCUT2D eigenvalue weighted by molar-refractivity contribution is 5.91. The van der Waals surface area contributed by atoms with Crippen LogP contribution >= 0.6 is 0 Å². The molecule has 0 aliphatic heterocycles. The van der Waals surface area contributed by atoms with E-state index in [1.54, 1.807) is 25.3 Å². The standard InChI is InChI=1S/C14H16N2O3/c1-3-18-12-6-4-11(5-7-12)16-13(17)8-14-15-9-10(2)19-14/h4-7,9H,3,8H2,1-2H3,(H,16,17). The number of anilines is 1. The van der Waals surface area contributed by atoms with Gasteiger partial charge in [0.2, 0.25) is 11.8 Å². The summed E-state index contributed by atoms with van der Waals surface area (Å²) in [6, 6.07) is 7.22. The van der Waals surface area contributed by atoms with Crippen molar-refractivity contribution in [2.24, 2.45) is 0 Å². The average molecular weight is 260 g/mol. The lowest BCUT2D eigenvalue weighted by Crippen LogP contribution is -2.14. The van der Waals surface area contributed by atoms with E-state index in [0.717, 1.165) is 11.4 Å². The van der Waals surface area contributed by atoms with Crippen LogP contribution in [0.2, 0.25) is 0 Å². The molecule has 0 spiro atoms. The first kappa shape index (κ1) is 13.1. The second-order valence-corrected chi connectivity index (χ2v) is 4.05. The number of nitrogens with one attached hydrogen (secondary N) is 1. The molecule has 0 unspecified atom stereocenters. The number of carbonyl (C=O) groups is 1. The lowest BCUT2D eigenvalue weighted by Gasteiger charge is -2.06. The second-order valence-electron chi connectivity index (χ2n) is 4.05. The molecule has 0 saturated carbocycles. The van der Waals surface area contributed by atoms with Crippen molar-refractivity contribution in [3.05, 3.63) is 42.1 Å². The molecule has 0 aliphatic rings. The van der Waals surface area contributed by atoms with Gasteiger partial charge in [0.1, 0.15) is 17.9 Å². The lowest BCUT2D eigenvalue weighted by molar-refractivity contribution is -0.115. The summed E-state index contributed by atoms with van der Waals surface area (Å²) >= 11 is 0. The third-order valence-corrected chi connectivity index (χ3v) is 2.43. The highest BCUT2D eigenvalue weighted by atomic mass is 16.5. The molecule has 0 atom stereocenters. The van der Waals surface area contributed by atoms with Crippen molar-refractivity contribution in [3.8, 4) is 5.75 Å². The summed E-state index contributed by atoms with van der Waals surface area (Å²) in [6.07, 6.45) is 1.72. The van der Waals surface area contributed by atoms with Crippen molar-refractivity contribution in [1.82, 2.24) is 4.98 Å². The molecule has 1 N–H and O–H groups in total. The van der Waals surface area contributed by atoms with Crippen LogP contribution in [0.15, 0.2) is 34.9 Å². The molecule has 19 heavy (non-hydrogen) atoms. The molecule has 1 heterocycles. The average Bonchev–Trinajstić information content (AvgIpc) is 2.77. The van der Waals surface area contributed by atoms with E-state index in [0.29, 0.717) is 18.3 Å². The van der Waals surface area contributed by atoms with Crippen LogP contribution in [0.25, 0.3) is 0 Å². The Kier molecular flexibility index (Phi) is 4.18. The number of ether oxygens (including phenoxy) is 1. The Bertz CT molecular complexity index is 546. The summed E-state index contributed by atoms with van der Waals surface area (Å²) in [4.78, 5) is 15.7. The number of amides is 1. The largest absolute Gasteiger partial charge is 0.494 e. The Labute approximate surface area is 111 Å². The Morgan fingerprint density at radius 1 is 1.37 bits per heavy atom. The molecule has 0 radical (unpaired) electrons. The molecule has 1 aromatic carbocycles. The molecule has 5 nitrogen and oxygen atoms in total. The predicted molar refractivity (Wildman–Crippen MR) is 71.2 cm³/mol. The summed E-state index contributed by atoms with van der Waals surface area (Å²) in [5.41, 5.74) is 0.719. The first-order valence-electron chi connectivity index (χ1n) is 6.11. The second kappa shape index (κ2) is 6.04. The number of hydrogen-bond donors (Lipinski definition) is 1. The molecule has 1 amide bonds. The maximum atomic E-state index is 11.8. The monoisotopic (exact) mass is 260 g/mol. The number of aryl methyl sites for hydroxylation is 1. The van der Waals surface area contributed by atoms with Crippen LogP contribution < -0.4 is 10.1 Å². The van der Waals surface area contributed by atoms with E-state index in [2.05, 4.69) is 10.3 Å². The van der Waals surface area contributed by atoms with Crippen LogP contribution in [0.1, 0.15) is 18.6 Å². The number of nitrogens with zero attached hydrogens (tertiary/aromatic N) is 1. The van der Waals surface area contributed by atoms with Crippen LogP contribution in [-0.4, -0.2) is 17.5 Å². The number of oxazole rings is 1. The third kappa shape index (κ3) is 3.84. The number of benzene rings is 1. The van der Waals surface area contributed by atoms with Crippen molar-refractivity contribution in [2.75, 3.05) is 11.9 Å². The van der Waals surface area contributed by atoms with Gasteiger partial charge >= 0.3 is 0 Å². The predicted octanol–water partition coefficient (Wildman–Crippen LogP) is 2.56. The molecule has 0 bridgehead atoms. The first-order valence-corrected chi connectivity index (χ1v) is 6.11. The molecular weight excluding hydrogens is 244 g/mol. The van der Waals surface area contributed by atoms with Gasteiger partial charge < -0.3 is 14.5 Å². The SMILES string of the molecule is CCOc1ccc(NC(=O)Cc2ncc(C)o2)cc1. The number of hydrogen-bond acceptors (Lipinski definition) is 4. The Hall–Kier alpha value is -2.30. The number of rotatable bonds is 5. The van der Waals surface area contributed by atoms with Gasteiger partial charge in [0.25, 0.3) is 0 Å². The highest BCUT2D eigenvalue weighted by Crippen LogP contribution is 2.15. The van der Waals surface area contributed by atoms with Gasteiger partial charge in [0, 0.05) is 5.69 Å². The van der Waals surface area contributed by atoms with Gasteiger partial charge in [-0.25, -0.2) is 4.98 Å². The maximum absolute atomic E-state index is 11.8. The van der Waals surface area contributed by atoms with Gasteiger partial charge in [-0.3, -0.25) is 4.79 Å². The fourth-order valence-electron chi connectivity index (χ4n) is 1.63. The topological polar surface area (TPSA) is 64.4 Å². The zero-order valence-electron chi connectivity index (χ0n) is 11.0. The minimum absolute atomic E-state index is 0.126. The molecule has 5 heteroatoms. The normalized spacial score (nSPS) is 10.2. The zero-order valence-corrected chi connectivity index (χ0v) is 11.0. The van der Waals surface area contributed by atoms with E-state index < -0.39 is 0 Å². The summed E-state index contributed by atoms with van der Waals surface area (Å²) in [7, 11) is 0. The van der Waals surface area contributed by atoms with Crippen molar-refractivity contribution in [3.63, 3.8) is 0 Å². The highest BCUT2D eigenvalue weighted by Gasteiger charge is 2.08. The maximum Gasteiger partial charge on any atom is 0.233 e. The van der Waals surface area contributed by atoms with E-state index in [-0.39, 0.29) is 12.3 Å². The van der Waals surface area contributed by atoms with Crippen molar-refractivity contribution >= 4 is 11.6 Å². The van der Waals surface area contributed by atoms with Gasteiger partial charge in [0.05, 0.1) is 12.8 Å². The Morgan fingerprint density at radius 3 is 2.68 bits per heavy atom.